The third-order valence-corrected chi connectivity index (χ3v) is 3.28. The zero-order valence-electron chi connectivity index (χ0n) is 11.3. The molecule has 0 saturated heterocycles. The van der Waals surface area contributed by atoms with Crippen molar-refractivity contribution in [2.75, 3.05) is 13.6 Å². The first-order valence-corrected chi connectivity index (χ1v) is 5.93. The van der Waals surface area contributed by atoms with Gasteiger partial charge in [-0.3, -0.25) is 4.90 Å². The minimum Gasteiger partial charge on any atom is -0.445 e. The maximum atomic E-state index is 12.5. The van der Waals surface area contributed by atoms with Crippen LogP contribution in [0, 0.1) is 0 Å². The summed E-state index contributed by atoms with van der Waals surface area (Å²) in [6.07, 6.45) is 0. The van der Waals surface area contributed by atoms with Gasteiger partial charge in [-0.1, -0.05) is 29.8 Å². The van der Waals surface area contributed by atoms with E-state index in [1.165, 1.54) is 0 Å². The first-order chi connectivity index (χ1) is 8.23. The summed E-state index contributed by atoms with van der Waals surface area (Å²) >= 11 is 6.02. The maximum Gasteiger partial charge on any atom is 1.00 e. The molecule has 0 aliphatic heterocycles. The van der Waals surface area contributed by atoms with Crippen molar-refractivity contribution in [2.24, 2.45) is 0 Å². The van der Waals surface area contributed by atoms with E-state index in [1.807, 2.05) is 19.1 Å². The van der Waals surface area contributed by atoms with Crippen molar-refractivity contribution in [2.45, 2.75) is 13.0 Å². The monoisotopic (exact) mass is 315 g/mol. The summed E-state index contributed by atoms with van der Waals surface area (Å²) in [5.41, 5.74) is 0.112. The Morgan fingerprint density at radius 3 is 2.37 bits per heavy atom. The number of likely N-dealkylation sites (N-methyl/N-ethyl adjacent to an activating group) is 1. The summed E-state index contributed by atoms with van der Waals surface area (Å²) in [5, 5.41) is 0.556. The fourth-order valence-corrected chi connectivity index (χ4v) is 1.91. The zero-order chi connectivity index (χ0) is 13.9. The molecule has 0 fully saturated rings. The maximum absolute atomic E-state index is 12.5. The second-order valence-corrected chi connectivity index (χ2v) is 4.75. The largest absolute Gasteiger partial charge is 1.00 e. The van der Waals surface area contributed by atoms with Crippen molar-refractivity contribution in [3.63, 3.8) is 0 Å². The first kappa shape index (κ1) is 19.7. The van der Waals surface area contributed by atoms with Gasteiger partial charge in [0.05, 0.1) is 0 Å². The second-order valence-electron chi connectivity index (χ2n) is 4.35. The Morgan fingerprint density at radius 1 is 1.37 bits per heavy atom. The van der Waals surface area contributed by atoms with Gasteiger partial charge in [-0.15, -0.1) is 12.1 Å². The molecule has 0 aliphatic rings. The van der Waals surface area contributed by atoms with Gasteiger partial charge in [-0.2, -0.15) is 0 Å². The standard InChI is InChI=1S/C12H15BClF3N.K/c1-9(13(15,16)17)8-18(3)10(2)11-6-4-5-7-12(11)14;/h4-7,10H,1,8H2,2-3H3;/q-1;+1. The average Bonchev–Trinajstić information content (AvgIpc) is 2.27. The normalized spacial score (nSPS) is 13.0. The van der Waals surface area contributed by atoms with Gasteiger partial charge in [-0.25, -0.2) is 0 Å². The van der Waals surface area contributed by atoms with Crippen LogP contribution in [0.15, 0.2) is 36.3 Å². The van der Waals surface area contributed by atoms with Crippen LogP contribution in [0.5, 0.6) is 0 Å². The van der Waals surface area contributed by atoms with E-state index in [0.717, 1.165) is 5.56 Å². The molecular weight excluding hydrogens is 300 g/mol. The number of rotatable bonds is 5. The van der Waals surface area contributed by atoms with E-state index in [4.69, 9.17) is 11.6 Å². The molecule has 1 rings (SSSR count). The molecule has 0 aromatic heterocycles. The van der Waals surface area contributed by atoms with Gasteiger partial charge in [0.2, 0.25) is 0 Å². The van der Waals surface area contributed by atoms with E-state index < -0.39 is 12.4 Å². The molecule has 19 heavy (non-hydrogen) atoms. The van der Waals surface area contributed by atoms with Crippen molar-refractivity contribution in [3.05, 3.63) is 46.9 Å². The van der Waals surface area contributed by atoms with Gasteiger partial charge in [0.25, 0.3) is 0 Å². The van der Waals surface area contributed by atoms with Crippen LogP contribution in [-0.2, 0) is 0 Å². The molecule has 0 saturated carbocycles. The molecule has 1 nitrogen and oxygen atoms in total. The number of hydrogen-bond acceptors (Lipinski definition) is 1. The van der Waals surface area contributed by atoms with Crippen LogP contribution in [0.2, 0.25) is 5.02 Å². The molecule has 1 atom stereocenters. The molecule has 1 aromatic carbocycles. The predicted molar refractivity (Wildman–Crippen MR) is 70.7 cm³/mol. The van der Waals surface area contributed by atoms with Crippen LogP contribution in [0.4, 0.5) is 12.9 Å². The molecule has 0 radical (unpaired) electrons. The van der Waals surface area contributed by atoms with Gasteiger partial charge >= 0.3 is 58.4 Å². The quantitative estimate of drug-likeness (QED) is 0.740. The van der Waals surface area contributed by atoms with Crippen molar-refractivity contribution >= 4 is 18.6 Å². The number of nitrogens with zero attached hydrogens (tertiary/aromatic N) is 1. The molecule has 100 valence electrons. The topological polar surface area (TPSA) is 3.24 Å². The molecule has 7 heteroatoms. The van der Waals surface area contributed by atoms with E-state index in [-0.39, 0.29) is 64.0 Å². The summed E-state index contributed by atoms with van der Waals surface area (Å²) < 4.78 is 37.4. The third kappa shape index (κ3) is 5.91. The number of hydrogen-bond donors (Lipinski definition) is 0. The van der Waals surface area contributed by atoms with Crippen LogP contribution in [0.1, 0.15) is 18.5 Å². The summed E-state index contributed by atoms with van der Waals surface area (Å²) in [6.45, 7) is -0.285. The van der Waals surface area contributed by atoms with E-state index in [9.17, 15) is 12.9 Å². The Kier molecular flexibility index (Phi) is 8.52. The Bertz CT molecular complexity index is 439. The molecular formula is C12H15BClF3KN. The van der Waals surface area contributed by atoms with E-state index in [1.54, 1.807) is 24.1 Å². The Balaban J connectivity index is 0.00000324. The summed E-state index contributed by atoms with van der Waals surface area (Å²) in [4.78, 5) is 1.58. The van der Waals surface area contributed by atoms with Crippen LogP contribution in [0.25, 0.3) is 0 Å². The minimum absolute atomic E-state index is 0. The Labute approximate surface area is 159 Å². The number of halogens is 4. The average molecular weight is 316 g/mol. The smallest absolute Gasteiger partial charge is 0.445 e. The summed E-state index contributed by atoms with van der Waals surface area (Å²) in [6, 6.07) is 6.94. The minimum atomic E-state index is -4.98. The fourth-order valence-electron chi connectivity index (χ4n) is 1.61. The predicted octanol–water partition coefficient (Wildman–Crippen LogP) is 1.28. The zero-order valence-corrected chi connectivity index (χ0v) is 15.2. The second kappa shape index (κ2) is 8.22. The molecule has 0 aliphatic carbocycles. The fraction of sp³-hybridized carbons (Fsp3) is 0.333. The first-order valence-electron chi connectivity index (χ1n) is 5.55. The van der Waals surface area contributed by atoms with Gasteiger partial charge in [0, 0.05) is 11.1 Å². The molecule has 0 bridgehead atoms. The van der Waals surface area contributed by atoms with Crippen molar-refractivity contribution in [1.29, 1.82) is 0 Å². The van der Waals surface area contributed by atoms with Gasteiger partial charge in [0.15, 0.2) is 0 Å². The Morgan fingerprint density at radius 2 is 1.89 bits per heavy atom. The molecule has 0 N–H and O–H groups in total. The van der Waals surface area contributed by atoms with Gasteiger partial charge in [0.1, 0.15) is 0 Å². The van der Waals surface area contributed by atoms with Crippen LogP contribution < -0.4 is 51.4 Å². The molecule has 1 aromatic rings. The molecule has 1 unspecified atom stereocenters. The molecule has 0 amide bonds. The number of benzene rings is 1. The van der Waals surface area contributed by atoms with Crippen molar-refractivity contribution < 1.29 is 64.3 Å². The van der Waals surface area contributed by atoms with E-state index in [2.05, 4.69) is 6.58 Å². The van der Waals surface area contributed by atoms with E-state index >= 15 is 0 Å². The van der Waals surface area contributed by atoms with Gasteiger partial charge in [-0.05, 0) is 32.1 Å². The third-order valence-electron chi connectivity index (χ3n) is 2.93. The van der Waals surface area contributed by atoms with E-state index in [0.29, 0.717) is 5.02 Å². The van der Waals surface area contributed by atoms with Gasteiger partial charge < -0.3 is 12.9 Å². The van der Waals surface area contributed by atoms with Crippen LogP contribution in [0.3, 0.4) is 0 Å². The van der Waals surface area contributed by atoms with Crippen molar-refractivity contribution in [1.82, 2.24) is 4.90 Å². The molecule has 0 heterocycles. The van der Waals surface area contributed by atoms with Crippen molar-refractivity contribution in [3.8, 4) is 0 Å². The molecule has 0 spiro atoms. The van der Waals surface area contributed by atoms with Crippen LogP contribution >= 0.6 is 11.6 Å². The Hall–Kier alpha value is 0.701. The summed E-state index contributed by atoms with van der Waals surface area (Å²) in [7, 11) is 1.63. The summed E-state index contributed by atoms with van der Waals surface area (Å²) in [5.74, 6) is 0. The SMILES string of the molecule is C=C(CN(C)C(C)c1ccccc1Cl)[B-](F)(F)F.[K+]. The van der Waals surface area contributed by atoms with Crippen LogP contribution in [-0.4, -0.2) is 25.5 Å².